The van der Waals surface area contributed by atoms with E-state index in [0.29, 0.717) is 0 Å². The van der Waals surface area contributed by atoms with Crippen molar-refractivity contribution in [2.24, 2.45) is 44.8 Å². The molecule has 0 spiro atoms. The molecule has 0 aromatic carbocycles. The fraction of sp³-hybridized carbons (Fsp3) is 0.781. The van der Waals surface area contributed by atoms with Gasteiger partial charge < -0.3 is 0 Å². The summed E-state index contributed by atoms with van der Waals surface area (Å²) in [5, 5.41) is 9.89. The third kappa shape index (κ3) is 3.76. The van der Waals surface area contributed by atoms with Gasteiger partial charge in [-0.15, -0.1) is 0 Å². The maximum atomic E-state index is 14.5. The first-order chi connectivity index (χ1) is 17.8. The van der Waals surface area contributed by atoms with Gasteiger partial charge in [-0.25, -0.2) is 13.1 Å². The highest BCUT2D eigenvalue weighted by Gasteiger charge is 2.70. The number of nitrogens with zero attached hydrogens (tertiary/aromatic N) is 1. The predicted molar refractivity (Wildman–Crippen MR) is 152 cm³/mol. The zero-order valence-corrected chi connectivity index (χ0v) is 25.8. The SMILES string of the molecule is CCS(=O)(=O)N[C@]12CCC(C)(C)C[C@@H]1[C@H]1C(=O)C=C3[C@@]4(C)C=C(C#N)C(=O)C(C)(C)[C@@H]4CC[C@@]3(C)[C@]1(C)CC2. The molecule has 0 unspecified atom stereocenters. The molecule has 1 N–H and O–H groups in total. The average molecular weight is 555 g/mol. The number of carbonyl (C=O) groups excluding carboxylic acids is 2. The fourth-order valence-corrected chi connectivity index (χ4v) is 11.3. The van der Waals surface area contributed by atoms with Gasteiger partial charge in [0.2, 0.25) is 10.0 Å². The number of carbonyl (C=O) groups is 2. The fourth-order valence-electron chi connectivity index (χ4n) is 10.2. The molecular weight excluding hydrogens is 508 g/mol. The second-order valence-electron chi connectivity index (χ2n) is 15.4. The molecule has 0 radical (unpaired) electrons. The van der Waals surface area contributed by atoms with Crippen molar-refractivity contribution in [2.75, 3.05) is 5.75 Å². The average Bonchev–Trinajstić information content (AvgIpc) is 2.83. The van der Waals surface area contributed by atoms with Crippen LogP contribution in [0, 0.1) is 56.2 Å². The molecule has 3 fully saturated rings. The van der Waals surface area contributed by atoms with Crippen LogP contribution in [0.2, 0.25) is 0 Å². The molecule has 0 aliphatic heterocycles. The van der Waals surface area contributed by atoms with Crippen molar-refractivity contribution in [2.45, 2.75) is 106 Å². The van der Waals surface area contributed by atoms with Crippen molar-refractivity contribution >= 4 is 21.6 Å². The summed E-state index contributed by atoms with van der Waals surface area (Å²) in [6.45, 7) is 16.8. The van der Waals surface area contributed by atoms with Gasteiger partial charge in [-0.2, -0.15) is 5.26 Å². The zero-order valence-electron chi connectivity index (χ0n) is 25.0. The van der Waals surface area contributed by atoms with E-state index in [4.69, 9.17) is 0 Å². The second-order valence-corrected chi connectivity index (χ2v) is 17.4. The largest absolute Gasteiger partial charge is 0.295 e. The number of hydrogen-bond acceptors (Lipinski definition) is 5. The number of Topliss-reactive ketones (excluding diaryl/α,β-unsaturated/α-hetero) is 1. The maximum absolute atomic E-state index is 14.5. The summed E-state index contributed by atoms with van der Waals surface area (Å²) < 4.78 is 29.1. The molecule has 0 saturated heterocycles. The van der Waals surface area contributed by atoms with Gasteiger partial charge in [0.05, 0.1) is 11.3 Å². The molecule has 5 aliphatic carbocycles. The maximum Gasteiger partial charge on any atom is 0.211 e. The van der Waals surface area contributed by atoms with Crippen LogP contribution < -0.4 is 4.72 Å². The summed E-state index contributed by atoms with van der Waals surface area (Å²) in [5.74, 6) is -0.325. The summed E-state index contributed by atoms with van der Waals surface area (Å²) in [6.07, 6.45) is 9.44. The number of fused-ring (bicyclic) bond motifs is 7. The van der Waals surface area contributed by atoms with E-state index in [2.05, 4.69) is 45.4 Å². The van der Waals surface area contributed by atoms with Crippen LogP contribution in [-0.2, 0) is 19.6 Å². The monoisotopic (exact) mass is 554 g/mol. The lowest BCUT2D eigenvalue weighted by atomic mass is 9.35. The van der Waals surface area contributed by atoms with Crippen molar-refractivity contribution in [3.05, 3.63) is 23.3 Å². The number of ketones is 2. The first-order valence-corrected chi connectivity index (χ1v) is 16.4. The first kappa shape index (κ1) is 28.7. The van der Waals surface area contributed by atoms with Crippen molar-refractivity contribution in [3.8, 4) is 6.07 Å². The van der Waals surface area contributed by atoms with Crippen LogP contribution in [0.1, 0.15) is 100 Å². The molecule has 0 bridgehead atoms. The van der Waals surface area contributed by atoms with E-state index < -0.39 is 26.4 Å². The van der Waals surface area contributed by atoms with Crippen molar-refractivity contribution in [1.82, 2.24) is 4.72 Å². The van der Waals surface area contributed by atoms with Gasteiger partial charge in [0.15, 0.2) is 11.6 Å². The molecule has 5 rings (SSSR count). The lowest BCUT2D eigenvalue weighted by molar-refractivity contribution is -0.159. The molecule has 0 heterocycles. The van der Waals surface area contributed by atoms with E-state index in [0.717, 1.165) is 50.5 Å². The van der Waals surface area contributed by atoms with Crippen molar-refractivity contribution in [1.29, 1.82) is 5.26 Å². The standard InChI is InChI=1S/C32H46N2O4S/c1-9-39(37,38)34-32-14-12-27(2,3)18-21(32)25-22(35)16-24-29(6)17-20(19-33)26(36)28(4,5)23(29)10-11-30(24,7)31(25,8)13-15-32/h16-17,21,23,25,34H,9-15,18H2,1-8H3/t21-,23+,25+,29+,30-,31-,32+/m1/s1. The molecular formula is C32H46N2O4S. The van der Waals surface area contributed by atoms with E-state index in [-0.39, 0.29) is 56.9 Å². The third-order valence-corrected chi connectivity index (χ3v) is 14.1. The minimum atomic E-state index is -3.45. The summed E-state index contributed by atoms with van der Waals surface area (Å²) in [4.78, 5) is 27.7. The topological polar surface area (TPSA) is 104 Å². The zero-order chi connectivity index (χ0) is 29.0. The van der Waals surface area contributed by atoms with E-state index >= 15 is 0 Å². The van der Waals surface area contributed by atoms with Crippen LogP contribution in [0.4, 0.5) is 0 Å². The Labute approximate surface area is 235 Å². The molecule has 39 heavy (non-hydrogen) atoms. The number of nitriles is 1. The summed E-state index contributed by atoms with van der Waals surface area (Å²) in [7, 11) is -3.45. The van der Waals surface area contributed by atoms with Gasteiger partial charge in [-0.05, 0) is 86.0 Å². The number of rotatable bonds is 3. The van der Waals surface area contributed by atoms with Gasteiger partial charge in [0.25, 0.3) is 0 Å². The van der Waals surface area contributed by atoms with Crippen LogP contribution in [0.3, 0.4) is 0 Å². The Morgan fingerprint density at radius 3 is 2.26 bits per heavy atom. The highest BCUT2D eigenvalue weighted by molar-refractivity contribution is 7.89. The van der Waals surface area contributed by atoms with Crippen LogP contribution >= 0.6 is 0 Å². The highest BCUT2D eigenvalue weighted by atomic mass is 32.2. The molecule has 3 saturated carbocycles. The Morgan fingerprint density at radius 2 is 1.64 bits per heavy atom. The van der Waals surface area contributed by atoms with Gasteiger partial charge in [-0.1, -0.05) is 60.1 Å². The van der Waals surface area contributed by atoms with E-state index in [1.54, 1.807) is 6.92 Å². The highest BCUT2D eigenvalue weighted by Crippen LogP contribution is 2.73. The third-order valence-electron chi connectivity index (χ3n) is 12.6. The molecule has 0 amide bonds. The summed E-state index contributed by atoms with van der Waals surface area (Å²) in [5.41, 5.74) is -1.21. The lowest BCUT2D eigenvalue weighted by Crippen LogP contribution is -2.69. The summed E-state index contributed by atoms with van der Waals surface area (Å²) in [6, 6.07) is 2.17. The lowest BCUT2D eigenvalue weighted by Gasteiger charge is -2.69. The van der Waals surface area contributed by atoms with Crippen LogP contribution in [-0.4, -0.2) is 31.3 Å². The van der Waals surface area contributed by atoms with Gasteiger partial charge >= 0.3 is 0 Å². The number of allylic oxidation sites excluding steroid dienone is 4. The Morgan fingerprint density at radius 1 is 1.00 bits per heavy atom. The summed E-state index contributed by atoms with van der Waals surface area (Å²) >= 11 is 0. The number of hydrogen-bond donors (Lipinski definition) is 1. The van der Waals surface area contributed by atoms with Crippen LogP contribution in [0.15, 0.2) is 23.3 Å². The Kier molecular flexibility index (Phi) is 6.18. The molecule has 7 heteroatoms. The minimum absolute atomic E-state index is 0.00883. The second kappa shape index (κ2) is 8.38. The van der Waals surface area contributed by atoms with Crippen molar-refractivity contribution in [3.63, 3.8) is 0 Å². The molecule has 214 valence electrons. The van der Waals surface area contributed by atoms with Crippen molar-refractivity contribution < 1.29 is 18.0 Å². The van der Waals surface area contributed by atoms with E-state index in [1.165, 1.54) is 0 Å². The smallest absolute Gasteiger partial charge is 0.211 e. The van der Waals surface area contributed by atoms with Gasteiger partial charge in [-0.3, -0.25) is 9.59 Å². The molecule has 6 nitrogen and oxygen atoms in total. The Balaban J connectivity index is 1.69. The van der Waals surface area contributed by atoms with E-state index in [1.807, 2.05) is 26.0 Å². The number of sulfonamides is 1. The Hall–Kier alpha value is -1.78. The molecule has 0 aromatic rings. The van der Waals surface area contributed by atoms with Gasteiger partial charge in [0, 0.05) is 22.3 Å². The predicted octanol–water partition coefficient (Wildman–Crippen LogP) is 5.90. The Bertz CT molecular complexity index is 1350. The number of nitrogens with one attached hydrogen (secondary N) is 1. The minimum Gasteiger partial charge on any atom is -0.295 e. The van der Waals surface area contributed by atoms with Gasteiger partial charge in [0.1, 0.15) is 6.07 Å². The normalized spacial score (nSPS) is 44.5. The molecule has 5 aliphatic rings. The molecule has 7 atom stereocenters. The quantitative estimate of drug-likeness (QED) is 0.468. The first-order valence-electron chi connectivity index (χ1n) is 14.8. The van der Waals surface area contributed by atoms with Crippen LogP contribution in [0.25, 0.3) is 0 Å². The van der Waals surface area contributed by atoms with Crippen LogP contribution in [0.5, 0.6) is 0 Å². The van der Waals surface area contributed by atoms with E-state index in [9.17, 15) is 23.3 Å². The molecule has 0 aromatic heterocycles.